The Balaban J connectivity index is 1.94. The number of rotatable bonds is 3. The van der Waals surface area contributed by atoms with Gasteiger partial charge < -0.3 is 5.32 Å². The molecule has 1 heterocycles. The van der Waals surface area contributed by atoms with Crippen LogP contribution in [0.15, 0.2) is 35.8 Å². The highest BCUT2D eigenvalue weighted by molar-refractivity contribution is 7.13. The Kier molecular flexibility index (Phi) is 4.11. The molecule has 2 amide bonds. The van der Waals surface area contributed by atoms with Gasteiger partial charge in [0.05, 0.1) is 17.7 Å². The van der Waals surface area contributed by atoms with Crippen LogP contribution in [0.1, 0.15) is 24.1 Å². The lowest BCUT2D eigenvalue weighted by Crippen LogP contribution is -2.31. The van der Waals surface area contributed by atoms with E-state index >= 15 is 0 Å². The first kappa shape index (κ1) is 13.1. The van der Waals surface area contributed by atoms with Crippen LogP contribution in [-0.2, 0) is 0 Å². The second kappa shape index (κ2) is 5.98. The van der Waals surface area contributed by atoms with Crippen LogP contribution in [-0.4, -0.2) is 11.0 Å². The molecule has 1 atom stereocenters. The van der Waals surface area contributed by atoms with Gasteiger partial charge in [-0.05, 0) is 24.6 Å². The predicted octanol–water partition coefficient (Wildman–Crippen LogP) is 2.90. The molecule has 5 nitrogen and oxygen atoms in total. The lowest BCUT2D eigenvalue weighted by molar-refractivity contribution is 0.249. The average molecular weight is 272 g/mol. The van der Waals surface area contributed by atoms with E-state index in [1.165, 1.54) is 11.3 Å². The van der Waals surface area contributed by atoms with Gasteiger partial charge in [0, 0.05) is 11.6 Å². The van der Waals surface area contributed by atoms with Gasteiger partial charge in [-0.15, -0.1) is 11.3 Å². The number of hydrogen-bond acceptors (Lipinski definition) is 4. The number of amides is 2. The van der Waals surface area contributed by atoms with Crippen LogP contribution in [0, 0.1) is 11.3 Å². The maximum atomic E-state index is 11.7. The Bertz CT molecular complexity index is 586. The van der Waals surface area contributed by atoms with Crippen molar-refractivity contribution in [3.05, 3.63) is 47.0 Å². The monoisotopic (exact) mass is 272 g/mol. The summed E-state index contributed by atoms with van der Waals surface area (Å²) in [5.74, 6) is 0. The molecule has 0 saturated heterocycles. The molecule has 0 aliphatic rings. The minimum atomic E-state index is -0.299. The van der Waals surface area contributed by atoms with Crippen molar-refractivity contribution in [3.8, 4) is 6.07 Å². The van der Waals surface area contributed by atoms with Gasteiger partial charge in [0.15, 0.2) is 5.13 Å². The highest BCUT2D eigenvalue weighted by atomic mass is 32.1. The second-order valence-electron chi connectivity index (χ2n) is 3.89. The molecule has 0 unspecified atom stereocenters. The molecule has 0 bridgehead atoms. The zero-order valence-corrected chi connectivity index (χ0v) is 11.1. The summed E-state index contributed by atoms with van der Waals surface area (Å²) >= 11 is 1.36. The van der Waals surface area contributed by atoms with Crippen molar-refractivity contribution in [1.82, 2.24) is 10.3 Å². The fourth-order valence-electron chi connectivity index (χ4n) is 1.54. The molecule has 0 aliphatic carbocycles. The molecular formula is C13H12N4OS. The first-order valence-electron chi connectivity index (χ1n) is 5.66. The van der Waals surface area contributed by atoms with Gasteiger partial charge in [0.25, 0.3) is 0 Å². The number of nitriles is 1. The fraction of sp³-hybridized carbons (Fsp3) is 0.154. The minimum absolute atomic E-state index is 0.146. The van der Waals surface area contributed by atoms with E-state index in [0.717, 1.165) is 5.56 Å². The number of aromatic nitrogens is 1. The number of nitrogens with zero attached hydrogens (tertiary/aromatic N) is 2. The molecule has 2 rings (SSSR count). The Labute approximate surface area is 114 Å². The summed E-state index contributed by atoms with van der Waals surface area (Å²) in [6.45, 7) is 1.88. The third-order valence-corrected chi connectivity index (χ3v) is 3.23. The van der Waals surface area contributed by atoms with Crippen LogP contribution in [0.5, 0.6) is 0 Å². The number of nitrogens with one attached hydrogen (secondary N) is 2. The number of hydrogen-bond donors (Lipinski definition) is 2. The summed E-state index contributed by atoms with van der Waals surface area (Å²) in [5, 5.41) is 16.5. The highest BCUT2D eigenvalue weighted by Crippen LogP contribution is 2.14. The minimum Gasteiger partial charge on any atom is -0.331 e. The lowest BCUT2D eigenvalue weighted by Gasteiger charge is -2.14. The van der Waals surface area contributed by atoms with E-state index in [1.54, 1.807) is 23.7 Å². The maximum Gasteiger partial charge on any atom is 0.321 e. The largest absolute Gasteiger partial charge is 0.331 e. The summed E-state index contributed by atoms with van der Waals surface area (Å²) in [5.41, 5.74) is 1.54. The van der Waals surface area contributed by atoms with Crippen LogP contribution in [0.2, 0.25) is 0 Å². The predicted molar refractivity (Wildman–Crippen MR) is 73.8 cm³/mol. The van der Waals surface area contributed by atoms with Crippen molar-refractivity contribution >= 4 is 22.5 Å². The average Bonchev–Trinajstić information content (AvgIpc) is 2.91. The second-order valence-corrected chi connectivity index (χ2v) is 4.79. The van der Waals surface area contributed by atoms with E-state index in [9.17, 15) is 4.79 Å². The van der Waals surface area contributed by atoms with E-state index in [-0.39, 0.29) is 12.1 Å². The lowest BCUT2D eigenvalue weighted by atomic mass is 10.1. The van der Waals surface area contributed by atoms with E-state index < -0.39 is 0 Å². The topological polar surface area (TPSA) is 77.8 Å². The molecule has 0 spiro atoms. The van der Waals surface area contributed by atoms with Gasteiger partial charge in [-0.1, -0.05) is 12.1 Å². The number of urea groups is 1. The highest BCUT2D eigenvalue weighted by Gasteiger charge is 2.10. The Morgan fingerprint density at radius 1 is 1.42 bits per heavy atom. The maximum absolute atomic E-state index is 11.7. The number of carbonyl (C=O) groups excluding carboxylic acids is 1. The third kappa shape index (κ3) is 3.53. The van der Waals surface area contributed by atoms with Crippen LogP contribution < -0.4 is 10.6 Å². The number of thiazole rings is 1. The molecule has 2 N–H and O–H groups in total. The van der Waals surface area contributed by atoms with Crippen LogP contribution in [0.3, 0.4) is 0 Å². The first-order chi connectivity index (χ1) is 9.19. The summed E-state index contributed by atoms with van der Waals surface area (Å²) in [4.78, 5) is 15.7. The molecule has 96 valence electrons. The molecule has 1 aromatic heterocycles. The van der Waals surface area contributed by atoms with Crippen LogP contribution in [0.25, 0.3) is 0 Å². The van der Waals surface area contributed by atoms with Gasteiger partial charge in [-0.25, -0.2) is 9.78 Å². The van der Waals surface area contributed by atoms with E-state index in [0.29, 0.717) is 10.7 Å². The quantitative estimate of drug-likeness (QED) is 0.901. The normalized spacial score (nSPS) is 11.4. The van der Waals surface area contributed by atoms with Crippen LogP contribution >= 0.6 is 11.3 Å². The number of benzene rings is 1. The van der Waals surface area contributed by atoms with Gasteiger partial charge in [0.1, 0.15) is 0 Å². The Morgan fingerprint density at radius 3 is 2.74 bits per heavy atom. The summed E-state index contributed by atoms with van der Waals surface area (Å²) in [6.07, 6.45) is 1.63. The van der Waals surface area contributed by atoms with Crippen molar-refractivity contribution < 1.29 is 4.79 Å². The molecule has 6 heteroatoms. The van der Waals surface area contributed by atoms with Gasteiger partial charge >= 0.3 is 6.03 Å². The summed E-state index contributed by atoms with van der Waals surface area (Å²) < 4.78 is 0. The number of carbonyl (C=O) groups is 1. The molecule has 0 radical (unpaired) electrons. The summed E-state index contributed by atoms with van der Waals surface area (Å²) in [7, 11) is 0. The van der Waals surface area contributed by atoms with Crippen molar-refractivity contribution in [2.75, 3.05) is 5.32 Å². The zero-order valence-electron chi connectivity index (χ0n) is 10.3. The molecule has 1 aromatic carbocycles. The van der Waals surface area contributed by atoms with Gasteiger partial charge in [-0.2, -0.15) is 5.26 Å². The molecular weight excluding hydrogens is 260 g/mol. The molecule has 0 saturated carbocycles. The Morgan fingerprint density at radius 2 is 2.16 bits per heavy atom. The molecule has 0 fully saturated rings. The summed E-state index contributed by atoms with van der Waals surface area (Å²) in [6, 6.07) is 8.72. The molecule has 2 aromatic rings. The SMILES string of the molecule is C[C@@H](NC(=O)Nc1nccs1)c1ccc(C#N)cc1. The molecule has 0 aliphatic heterocycles. The van der Waals surface area contributed by atoms with Crippen molar-refractivity contribution in [3.63, 3.8) is 0 Å². The van der Waals surface area contributed by atoms with Crippen molar-refractivity contribution in [2.24, 2.45) is 0 Å². The van der Waals surface area contributed by atoms with E-state index in [1.807, 2.05) is 19.1 Å². The van der Waals surface area contributed by atoms with Crippen LogP contribution in [0.4, 0.5) is 9.93 Å². The third-order valence-electron chi connectivity index (χ3n) is 2.54. The van der Waals surface area contributed by atoms with E-state index in [2.05, 4.69) is 21.7 Å². The van der Waals surface area contributed by atoms with Crippen molar-refractivity contribution in [1.29, 1.82) is 5.26 Å². The van der Waals surface area contributed by atoms with Gasteiger partial charge in [-0.3, -0.25) is 5.32 Å². The Hall–Kier alpha value is -2.39. The first-order valence-corrected chi connectivity index (χ1v) is 6.54. The molecule has 19 heavy (non-hydrogen) atoms. The smallest absolute Gasteiger partial charge is 0.321 e. The fourth-order valence-corrected chi connectivity index (χ4v) is 2.07. The zero-order chi connectivity index (χ0) is 13.7. The van der Waals surface area contributed by atoms with Crippen molar-refractivity contribution in [2.45, 2.75) is 13.0 Å². The number of anilines is 1. The van der Waals surface area contributed by atoms with E-state index in [4.69, 9.17) is 5.26 Å². The standard InChI is InChI=1S/C13H12N4OS/c1-9(11-4-2-10(8-14)3-5-11)16-12(18)17-13-15-6-7-19-13/h2-7,9H,1H3,(H2,15,16,17,18)/t9-/m1/s1. The van der Waals surface area contributed by atoms with Gasteiger partial charge in [0.2, 0.25) is 0 Å².